The summed E-state index contributed by atoms with van der Waals surface area (Å²) in [6, 6.07) is 23.1. The molecule has 1 amide bonds. The van der Waals surface area contributed by atoms with Crippen LogP contribution in [-0.2, 0) is 14.8 Å². The van der Waals surface area contributed by atoms with Gasteiger partial charge < -0.3 is 9.64 Å². The molecule has 1 saturated heterocycles. The number of ether oxygens (including phenoxy) is 1. The molecule has 1 N–H and O–H groups in total. The van der Waals surface area contributed by atoms with Gasteiger partial charge in [-0.1, -0.05) is 48.5 Å². The Kier molecular flexibility index (Phi) is 6.30. The number of hydrogen-bond donors (Lipinski definition) is 1. The first kappa shape index (κ1) is 22.0. The van der Waals surface area contributed by atoms with Gasteiger partial charge >= 0.3 is 0 Å². The van der Waals surface area contributed by atoms with Gasteiger partial charge in [-0.05, 0) is 55.3 Å². The van der Waals surface area contributed by atoms with Crippen molar-refractivity contribution in [3.05, 3.63) is 95.6 Å². The SMILES string of the molecule is Cc1cccc(NS(=O)(=O)c2cccc(C(=O)N3CC(C)OC(c4ccccc4)C3)c2)c1. The number of benzene rings is 3. The van der Waals surface area contributed by atoms with Crippen molar-refractivity contribution < 1.29 is 17.9 Å². The Morgan fingerprint density at radius 1 is 0.969 bits per heavy atom. The molecular weight excluding hydrogens is 424 g/mol. The van der Waals surface area contributed by atoms with E-state index in [0.717, 1.165) is 11.1 Å². The summed E-state index contributed by atoms with van der Waals surface area (Å²) >= 11 is 0. The maximum atomic E-state index is 13.3. The van der Waals surface area contributed by atoms with Crippen molar-refractivity contribution in [1.82, 2.24) is 4.90 Å². The molecule has 0 bridgehead atoms. The summed E-state index contributed by atoms with van der Waals surface area (Å²) in [5.41, 5.74) is 2.77. The summed E-state index contributed by atoms with van der Waals surface area (Å²) in [5.74, 6) is -0.214. The highest BCUT2D eigenvalue weighted by Crippen LogP contribution is 2.27. The molecule has 0 aromatic heterocycles. The van der Waals surface area contributed by atoms with E-state index in [-0.39, 0.29) is 23.0 Å². The van der Waals surface area contributed by atoms with Crippen LogP contribution in [0.15, 0.2) is 83.8 Å². The molecule has 0 radical (unpaired) electrons. The average molecular weight is 451 g/mol. The van der Waals surface area contributed by atoms with Gasteiger partial charge in [0, 0.05) is 17.8 Å². The number of rotatable bonds is 5. The van der Waals surface area contributed by atoms with Crippen molar-refractivity contribution in [2.45, 2.75) is 31.0 Å². The summed E-state index contributed by atoms with van der Waals surface area (Å²) in [7, 11) is -3.83. The van der Waals surface area contributed by atoms with Gasteiger partial charge in [0.2, 0.25) is 0 Å². The third-order valence-corrected chi connectivity index (χ3v) is 6.76. The lowest BCUT2D eigenvalue weighted by atomic mass is 10.1. The first-order valence-corrected chi connectivity index (χ1v) is 12.0. The zero-order chi connectivity index (χ0) is 22.7. The molecule has 1 aliphatic heterocycles. The van der Waals surface area contributed by atoms with Crippen molar-refractivity contribution in [1.29, 1.82) is 0 Å². The fourth-order valence-electron chi connectivity index (χ4n) is 3.87. The molecule has 6 nitrogen and oxygen atoms in total. The number of carbonyl (C=O) groups is 1. The quantitative estimate of drug-likeness (QED) is 0.625. The monoisotopic (exact) mass is 450 g/mol. The normalized spacial score (nSPS) is 18.9. The number of hydrogen-bond acceptors (Lipinski definition) is 4. The van der Waals surface area contributed by atoms with Crippen LogP contribution < -0.4 is 4.72 Å². The Labute approximate surface area is 188 Å². The van der Waals surface area contributed by atoms with Gasteiger partial charge in [0.15, 0.2) is 0 Å². The fraction of sp³-hybridized carbons (Fsp3) is 0.240. The van der Waals surface area contributed by atoms with Crippen LogP contribution in [0.25, 0.3) is 0 Å². The number of amides is 1. The van der Waals surface area contributed by atoms with Crippen molar-refractivity contribution in [2.75, 3.05) is 17.8 Å². The Hall–Kier alpha value is -3.16. The van der Waals surface area contributed by atoms with Crippen molar-refractivity contribution in [2.24, 2.45) is 0 Å². The van der Waals surface area contributed by atoms with Crippen molar-refractivity contribution in [3.8, 4) is 0 Å². The zero-order valence-corrected chi connectivity index (χ0v) is 18.9. The molecule has 0 spiro atoms. The molecule has 7 heteroatoms. The standard InChI is InChI=1S/C25H26N2O4S/c1-18-8-6-12-22(14-18)26-32(29,30)23-13-7-11-21(15-23)25(28)27-16-19(2)31-24(17-27)20-9-4-3-5-10-20/h3-15,19,24,26H,16-17H2,1-2H3. The summed E-state index contributed by atoms with van der Waals surface area (Å²) in [6.07, 6.45) is -0.355. The second kappa shape index (κ2) is 9.14. The van der Waals surface area contributed by atoms with Crippen LogP contribution >= 0.6 is 0 Å². The maximum Gasteiger partial charge on any atom is 0.261 e. The van der Waals surface area contributed by atoms with Crippen molar-refractivity contribution in [3.63, 3.8) is 0 Å². The molecule has 0 aliphatic carbocycles. The van der Waals surface area contributed by atoms with Gasteiger partial charge in [0.25, 0.3) is 15.9 Å². The highest BCUT2D eigenvalue weighted by molar-refractivity contribution is 7.92. The summed E-state index contributed by atoms with van der Waals surface area (Å²) in [6.45, 7) is 4.68. The van der Waals surface area contributed by atoms with E-state index in [4.69, 9.17) is 4.74 Å². The lowest BCUT2D eigenvalue weighted by Gasteiger charge is -2.37. The van der Waals surface area contributed by atoms with Crippen LogP contribution in [0.4, 0.5) is 5.69 Å². The molecule has 3 aromatic rings. The summed E-state index contributed by atoms with van der Waals surface area (Å²) in [4.78, 5) is 15.0. The molecule has 1 heterocycles. The maximum absolute atomic E-state index is 13.3. The molecule has 0 saturated carbocycles. The number of nitrogens with zero attached hydrogens (tertiary/aromatic N) is 1. The second-order valence-electron chi connectivity index (χ2n) is 8.06. The number of nitrogens with one attached hydrogen (secondary N) is 1. The van der Waals surface area contributed by atoms with E-state index >= 15 is 0 Å². The van der Waals surface area contributed by atoms with Gasteiger partial charge in [-0.3, -0.25) is 9.52 Å². The molecule has 3 aromatic carbocycles. The van der Waals surface area contributed by atoms with E-state index in [0.29, 0.717) is 24.3 Å². The van der Waals surface area contributed by atoms with Crippen molar-refractivity contribution >= 4 is 21.6 Å². The van der Waals surface area contributed by atoms with E-state index < -0.39 is 10.0 Å². The number of morpholine rings is 1. The fourth-order valence-corrected chi connectivity index (χ4v) is 4.97. The van der Waals surface area contributed by atoms with E-state index in [9.17, 15) is 13.2 Å². The Bertz CT molecular complexity index is 1210. The Balaban J connectivity index is 1.55. The molecule has 166 valence electrons. The molecule has 32 heavy (non-hydrogen) atoms. The number of anilines is 1. The topological polar surface area (TPSA) is 75.7 Å². The van der Waals surface area contributed by atoms with Crippen LogP contribution in [0.5, 0.6) is 0 Å². The largest absolute Gasteiger partial charge is 0.367 e. The molecule has 1 aliphatic rings. The number of aryl methyl sites for hydroxylation is 1. The number of sulfonamides is 1. The zero-order valence-electron chi connectivity index (χ0n) is 18.1. The summed E-state index contributed by atoms with van der Waals surface area (Å²) in [5, 5.41) is 0. The van der Waals surface area contributed by atoms with Crippen LogP contribution in [0.1, 0.15) is 34.5 Å². The summed E-state index contributed by atoms with van der Waals surface area (Å²) < 4.78 is 34.4. The van der Waals surface area contributed by atoms with E-state index in [1.165, 1.54) is 12.1 Å². The highest BCUT2D eigenvalue weighted by Gasteiger charge is 2.30. The molecule has 4 rings (SSSR count). The molecule has 2 atom stereocenters. The Morgan fingerprint density at radius 2 is 1.72 bits per heavy atom. The Morgan fingerprint density at radius 3 is 2.47 bits per heavy atom. The van der Waals surface area contributed by atoms with Gasteiger partial charge in [0.05, 0.1) is 17.5 Å². The second-order valence-corrected chi connectivity index (χ2v) is 9.74. The predicted octanol–water partition coefficient (Wildman–Crippen LogP) is 4.40. The van der Waals surface area contributed by atoms with Gasteiger partial charge in [0.1, 0.15) is 6.10 Å². The lowest BCUT2D eigenvalue weighted by Crippen LogP contribution is -2.46. The van der Waals surface area contributed by atoms with Gasteiger partial charge in [-0.15, -0.1) is 0 Å². The predicted molar refractivity (Wildman–Crippen MR) is 124 cm³/mol. The minimum atomic E-state index is -3.83. The van der Waals surface area contributed by atoms with E-state index in [1.807, 2.05) is 50.2 Å². The minimum Gasteiger partial charge on any atom is -0.367 e. The van der Waals surface area contributed by atoms with E-state index in [1.54, 1.807) is 35.2 Å². The lowest BCUT2D eigenvalue weighted by molar-refractivity contribution is -0.0691. The first-order chi connectivity index (χ1) is 15.3. The number of carbonyl (C=O) groups excluding carboxylic acids is 1. The minimum absolute atomic E-state index is 0.0470. The average Bonchev–Trinajstić information content (AvgIpc) is 2.78. The molecule has 2 unspecified atom stereocenters. The molecule has 1 fully saturated rings. The smallest absolute Gasteiger partial charge is 0.261 e. The molecular formula is C25H26N2O4S. The third kappa shape index (κ3) is 5.00. The van der Waals surface area contributed by atoms with Crippen LogP contribution in [0.2, 0.25) is 0 Å². The van der Waals surface area contributed by atoms with Crippen LogP contribution in [0, 0.1) is 6.92 Å². The van der Waals surface area contributed by atoms with E-state index in [2.05, 4.69) is 4.72 Å². The van der Waals surface area contributed by atoms with Gasteiger partial charge in [-0.2, -0.15) is 0 Å². The van der Waals surface area contributed by atoms with Crippen LogP contribution in [0.3, 0.4) is 0 Å². The van der Waals surface area contributed by atoms with Gasteiger partial charge in [-0.25, -0.2) is 8.42 Å². The highest BCUT2D eigenvalue weighted by atomic mass is 32.2. The first-order valence-electron chi connectivity index (χ1n) is 10.5. The van der Waals surface area contributed by atoms with Crippen LogP contribution in [-0.4, -0.2) is 38.4 Å². The third-order valence-electron chi connectivity index (χ3n) is 5.38.